The van der Waals surface area contributed by atoms with Gasteiger partial charge in [0.05, 0.1) is 6.61 Å². The van der Waals surface area contributed by atoms with Gasteiger partial charge < -0.3 is 5.73 Å². The number of pyridine rings is 1. The van der Waals surface area contributed by atoms with E-state index >= 15 is 0 Å². The second-order valence-electron chi connectivity index (χ2n) is 3.51. The lowest BCUT2D eigenvalue weighted by Crippen LogP contribution is -2.01. The second kappa shape index (κ2) is 3.84. The Morgan fingerprint density at radius 2 is 2.20 bits per heavy atom. The number of anilines is 1. The summed E-state index contributed by atoms with van der Waals surface area (Å²) in [6.45, 7) is 2.41. The Labute approximate surface area is 87.8 Å². The van der Waals surface area contributed by atoms with Gasteiger partial charge >= 0.3 is 0 Å². The maximum atomic E-state index is 5.78. The Morgan fingerprint density at radius 1 is 1.40 bits per heavy atom. The van der Waals surface area contributed by atoms with Crippen LogP contribution in [0.1, 0.15) is 11.1 Å². The normalized spacial score (nSPS) is 10.8. The van der Waals surface area contributed by atoms with Gasteiger partial charge in [0.25, 0.3) is 0 Å². The minimum atomic E-state index is 0.407. The molecule has 0 aliphatic heterocycles. The van der Waals surface area contributed by atoms with Crippen molar-refractivity contribution in [3.63, 3.8) is 0 Å². The van der Waals surface area contributed by atoms with E-state index in [1.807, 2.05) is 25.1 Å². The molecule has 15 heavy (non-hydrogen) atoms. The molecule has 0 atom stereocenters. The molecule has 0 aliphatic rings. The molecule has 0 aliphatic carbocycles. The number of nitrogens with two attached hydrogens (primary N) is 2. The average molecular weight is 203 g/mol. The van der Waals surface area contributed by atoms with E-state index in [0.717, 1.165) is 21.9 Å². The highest BCUT2D eigenvalue weighted by Gasteiger charge is 2.04. The van der Waals surface area contributed by atoms with E-state index in [-0.39, 0.29) is 0 Å². The summed E-state index contributed by atoms with van der Waals surface area (Å²) in [6.07, 6.45) is 1.69. The molecule has 4 heteroatoms. The lowest BCUT2D eigenvalue weighted by Gasteiger charge is -2.07. The van der Waals surface area contributed by atoms with Crippen LogP contribution in [-0.2, 0) is 11.4 Å². The van der Waals surface area contributed by atoms with Crippen LogP contribution in [-0.4, -0.2) is 4.98 Å². The predicted molar refractivity (Wildman–Crippen MR) is 59.9 cm³/mol. The van der Waals surface area contributed by atoms with Gasteiger partial charge in [0.15, 0.2) is 0 Å². The fourth-order valence-electron chi connectivity index (χ4n) is 1.64. The van der Waals surface area contributed by atoms with Crippen LogP contribution in [0.3, 0.4) is 0 Å². The van der Waals surface area contributed by atoms with Gasteiger partial charge in [-0.15, -0.1) is 0 Å². The number of aryl methyl sites for hydroxylation is 1. The molecule has 0 fully saturated rings. The highest BCUT2D eigenvalue weighted by atomic mass is 16.6. The molecule has 0 unspecified atom stereocenters. The Morgan fingerprint density at radius 3 is 2.93 bits per heavy atom. The lowest BCUT2D eigenvalue weighted by molar-refractivity contribution is 0.124. The van der Waals surface area contributed by atoms with E-state index in [0.29, 0.717) is 12.4 Å². The Hall–Kier alpha value is -1.65. The summed E-state index contributed by atoms with van der Waals surface area (Å²) in [7, 11) is 0. The van der Waals surface area contributed by atoms with Gasteiger partial charge in [-0.05, 0) is 41.6 Å². The molecule has 0 bridgehead atoms. The van der Waals surface area contributed by atoms with Gasteiger partial charge in [-0.25, -0.2) is 10.9 Å². The molecule has 0 amide bonds. The van der Waals surface area contributed by atoms with Crippen molar-refractivity contribution in [1.29, 1.82) is 0 Å². The molecule has 4 nitrogen and oxygen atoms in total. The number of rotatable bonds is 2. The van der Waals surface area contributed by atoms with Gasteiger partial charge in [-0.3, -0.25) is 4.84 Å². The van der Waals surface area contributed by atoms with E-state index in [2.05, 4.69) is 9.82 Å². The summed E-state index contributed by atoms with van der Waals surface area (Å²) in [6, 6.07) is 5.95. The number of hydrogen-bond acceptors (Lipinski definition) is 4. The van der Waals surface area contributed by atoms with Crippen LogP contribution in [0.2, 0.25) is 0 Å². The molecule has 0 radical (unpaired) electrons. The molecule has 2 aromatic rings. The number of hydrogen-bond donors (Lipinski definition) is 2. The zero-order chi connectivity index (χ0) is 10.8. The molecule has 0 saturated heterocycles. The van der Waals surface area contributed by atoms with Gasteiger partial charge in [0.1, 0.15) is 5.82 Å². The molecule has 1 heterocycles. The number of benzene rings is 1. The van der Waals surface area contributed by atoms with E-state index in [1.54, 1.807) is 6.20 Å². The molecule has 1 aromatic heterocycles. The Balaban J connectivity index is 2.65. The van der Waals surface area contributed by atoms with Crippen LogP contribution in [0.4, 0.5) is 5.82 Å². The van der Waals surface area contributed by atoms with Crippen molar-refractivity contribution in [3.05, 3.63) is 35.5 Å². The van der Waals surface area contributed by atoms with Crippen molar-refractivity contribution >= 4 is 16.6 Å². The van der Waals surface area contributed by atoms with E-state index in [4.69, 9.17) is 11.6 Å². The number of aromatic nitrogens is 1. The van der Waals surface area contributed by atoms with Crippen LogP contribution >= 0.6 is 0 Å². The van der Waals surface area contributed by atoms with Gasteiger partial charge in [-0.2, -0.15) is 0 Å². The molecule has 2 rings (SSSR count). The third-order valence-corrected chi connectivity index (χ3v) is 2.49. The predicted octanol–water partition coefficient (Wildman–Crippen LogP) is 1.52. The van der Waals surface area contributed by atoms with Crippen molar-refractivity contribution in [3.8, 4) is 0 Å². The SMILES string of the molecule is Cc1cc2c(N)nccc2cc1CON. The minimum Gasteiger partial charge on any atom is -0.383 e. The summed E-state index contributed by atoms with van der Waals surface area (Å²) >= 11 is 0. The largest absolute Gasteiger partial charge is 0.383 e. The summed E-state index contributed by atoms with van der Waals surface area (Å²) in [5, 5.41) is 2.02. The summed E-state index contributed by atoms with van der Waals surface area (Å²) in [5.74, 6) is 5.62. The first-order chi connectivity index (χ1) is 7.22. The Kier molecular flexibility index (Phi) is 2.53. The number of nitrogen functional groups attached to an aromatic ring is 1. The van der Waals surface area contributed by atoms with E-state index in [1.165, 1.54) is 0 Å². The smallest absolute Gasteiger partial charge is 0.131 e. The zero-order valence-electron chi connectivity index (χ0n) is 8.53. The van der Waals surface area contributed by atoms with Gasteiger partial charge in [0.2, 0.25) is 0 Å². The van der Waals surface area contributed by atoms with E-state index < -0.39 is 0 Å². The highest BCUT2D eigenvalue weighted by Crippen LogP contribution is 2.23. The summed E-state index contributed by atoms with van der Waals surface area (Å²) in [5.41, 5.74) is 7.95. The first-order valence-electron chi connectivity index (χ1n) is 4.68. The average Bonchev–Trinajstić information content (AvgIpc) is 2.21. The van der Waals surface area contributed by atoms with Crippen molar-refractivity contribution in [1.82, 2.24) is 4.98 Å². The second-order valence-corrected chi connectivity index (χ2v) is 3.51. The van der Waals surface area contributed by atoms with Crippen LogP contribution < -0.4 is 11.6 Å². The highest BCUT2D eigenvalue weighted by molar-refractivity contribution is 5.91. The van der Waals surface area contributed by atoms with Crippen LogP contribution in [0.5, 0.6) is 0 Å². The first-order valence-corrected chi connectivity index (χ1v) is 4.68. The molecular formula is C11H13N3O. The number of nitrogens with zero attached hydrogens (tertiary/aromatic N) is 1. The Bertz CT molecular complexity index is 496. The molecule has 78 valence electrons. The van der Waals surface area contributed by atoms with E-state index in [9.17, 15) is 0 Å². The monoisotopic (exact) mass is 203 g/mol. The quantitative estimate of drug-likeness (QED) is 0.725. The summed E-state index contributed by atoms with van der Waals surface area (Å²) in [4.78, 5) is 8.69. The van der Waals surface area contributed by atoms with Gasteiger partial charge in [0, 0.05) is 11.6 Å². The molecule has 0 saturated carbocycles. The van der Waals surface area contributed by atoms with Crippen LogP contribution in [0.15, 0.2) is 24.4 Å². The molecule has 0 spiro atoms. The van der Waals surface area contributed by atoms with Crippen molar-refractivity contribution in [2.24, 2.45) is 5.90 Å². The van der Waals surface area contributed by atoms with Gasteiger partial charge in [-0.1, -0.05) is 0 Å². The van der Waals surface area contributed by atoms with Crippen LogP contribution in [0.25, 0.3) is 10.8 Å². The fraction of sp³-hybridized carbons (Fsp3) is 0.182. The molecule has 4 N–H and O–H groups in total. The molecular weight excluding hydrogens is 190 g/mol. The van der Waals surface area contributed by atoms with Crippen molar-refractivity contribution in [2.45, 2.75) is 13.5 Å². The fourth-order valence-corrected chi connectivity index (χ4v) is 1.64. The standard InChI is InChI=1S/C11H13N3O/c1-7-4-10-8(2-3-14-11(10)12)5-9(7)6-15-13/h2-5H,6,13H2,1H3,(H2,12,14). The zero-order valence-corrected chi connectivity index (χ0v) is 8.53. The third-order valence-electron chi connectivity index (χ3n) is 2.49. The maximum Gasteiger partial charge on any atom is 0.131 e. The van der Waals surface area contributed by atoms with Crippen molar-refractivity contribution < 1.29 is 4.84 Å². The number of fused-ring (bicyclic) bond motifs is 1. The summed E-state index contributed by atoms with van der Waals surface area (Å²) < 4.78 is 0. The third kappa shape index (κ3) is 1.77. The molecule has 1 aromatic carbocycles. The first kappa shape index (κ1) is 9.89. The van der Waals surface area contributed by atoms with Crippen LogP contribution in [0, 0.1) is 6.92 Å². The maximum absolute atomic E-state index is 5.78. The van der Waals surface area contributed by atoms with Crippen molar-refractivity contribution in [2.75, 3.05) is 5.73 Å². The topological polar surface area (TPSA) is 74.2 Å². The lowest BCUT2D eigenvalue weighted by atomic mass is 10.0. The minimum absolute atomic E-state index is 0.407.